The third kappa shape index (κ3) is 2.81. The van der Waals surface area contributed by atoms with Crippen LogP contribution in [0.25, 0.3) is 0 Å². The lowest BCUT2D eigenvalue weighted by atomic mass is 10.1. The number of nitrogens with one attached hydrogen (secondary N) is 1. The van der Waals surface area contributed by atoms with E-state index in [2.05, 4.69) is 5.32 Å². The lowest BCUT2D eigenvalue weighted by Gasteiger charge is -2.07. The second kappa shape index (κ2) is 5.10. The fraction of sp³-hybridized carbons (Fsp3) is 0.0714. The molecule has 0 spiro atoms. The highest BCUT2D eigenvalue weighted by Gasteiger charge is 2.07. The largest absolute Gasteiger partial charge is 0.508 e. The monoisotopic (exact) mass is 261 g/mol. The number of hydrogen-bond acceptors (Lipinski definition) is 2. The Balaban J connectivity index is 2.19. The average Bonchev–Trinajstić information content (AvgIpc) is 2.32. The highest BCUT2D eigenvalue weighted by atomic mass is 35.5. The van der Waals surface area contributed by atoms with E-state index in [0.29, 0.717) is 21.8 Å². The van der Waals surface area contributed by atoms with Gasteiger partial charge in [-0.2, -0.15) is 0 Å². The minimum absolute atomic E-state index is 0.175. The third-order valence-electron chi connectivity index (χ3n) is 2.54. The molecule has 2 aromatic rings. The number of aryl methyl sites for hydroxylation is 1. The molecule has 0 aliphatic carbocycles. The van der Waals surface area contributed by atoms with E-state index in [1.807, 2.05) is 0 Å². The van der Waals surface area contributed by atoms with Crippen LogP contribution >= 0.6 is 11.6 Å². The third-order valence-corrected chi connectivity index (χ3v) is 2.78. The van der Waals surface area contributed by atoms with Gasteiger partial charge in [-0.25, -0.2) is 0 Å². The number of carbonyl (C=O) groups excluding carboxylic acids is 1. The molecule has 0 fully saturated rings. The molecule has 0 heterocycles. The van der Waals surface area contributed by atoms with Gasteiger partial charge in [0.25, 0.3) is 5.91 Å². The number of carbonyl (C=O) groups is 1. The number of hydrogen-bond donors (Lipinski definition) is 2. The summed E-state index contributed by atoms with van der Waals surface area (Å²) in [5, 5.41) is 12.7. The molecule has 0 radical (unpaired) electrons. The molecule has 2 rings (SSSR count). The molecule has 0 atom stereocenters. The Kier molecular flexibility index (Phi) is 3.53. The van der Waals surface area contributed by atoms with Crippen molar-refractivity contribution in [2.24, 2.45) is 0 Å². The summed E-state index contributed by atoms with van der Waals surface area (Å²) in [7, 11) is 0. The minimum Gasteiger partial charge on any atom is -0.508 e. The summed E-state index contributed by atoms with van der Waals surface area (Å²) in [6.45, 7) is 1.74. The molecular weight excluding hydrogens is 250 g/mol. The molecule has 4 heteroatoms. The Bertz CT molecular complexity index is 596. The van der Waals surface area contributed by atoms with Gasteiger partial charge in [0.1, 0.15) is 5.75 Å². The number of aromatic hydroxyl groups is 1. The van der Waals surface area contributed by atoms with Crippen LogP contribution in [-0.2, 0) is 0 Å². The first-order chi connectivity index (χ1) is 8.56. The first-order valence-corrected chi connectivity index (χ1v) is 5.80. The molecule has 0 aliphatic rings. The van der Waals surface area contributed by atoms with Crippen molar-refractivity contribution in [1.82, 2.24) is 0 Å². The number of rotatable bonds is 2. The van der Waals surface area contributed by atoms with Gasteiger partial charge in [0.05, 0.1) is 0 Å². The van der Waals surface area contributed by atoms with Gasteiger partial charge in [0.15, 0.2) is 0 Å². The normalized spacial score (nSPS) is 10.1. The maximum atomic E-state index is 12.0. The summed E-state index contributed by atoms with van der Waals surface area (Å²) in [6, 6.07) is 11.6. The zero-order valence-electron chi connectivity index (χ0n) is 9.77. The Morgan fingerprint density at radius 1 is 1.22 bits per heavy atom. The van der Waals surface area contributed by atoms with E-state index in [0.717, 1.165) is 0 Å². The van der Waals surface area contributed by atoms with E-state index in [-0.39, 0.29) is 11.7 Å². The molecule has 2 aromatic carbocycles. The number of phenolic OH excluding ortho intramolecular Hbond substituents is 1. The summed E-state index contributed by atoms with van der Waals surface area (Å²) in [5.41, 5.74) is 1.79. The number of halogens is 1. The fourth-order valence-electron chi connectivity index (χ4n) is 1.57. The van der Waals surface area contributed by atoms with Crippen LogP contribution in [0.2, 0.25) is 5.02 Å². The van der Waals surface area contributed by atoms with E-state index >= 15 is 0 Å². The van der Waals surface area contributed by atoms with Gasteiger partial charge >= 0.3 is 0 Å². The smallest absolute Gasteiger partial charge is 0.255 e. The lowest BCUT2D eigenvalue weighted by Crippen LogP contribution is -2.11. The van der Waals surface area contributed by atoms with E-state index in [9.17, 15) is 9.90 Å². The van der Waals surface area contributed by atoms with Crippen molar-refractivity contribution in [2.75, 3.05) is 5.32 Å². The lowest BCUT2D eigenvalue weighted by molar-refractivity contribution is 0.102. The molecule has 0 saturated heterocycles. The molecule has 0 aliphatic heterocycles. The van der Waals surface area contributed by atoms with Gasteiger partial charge in [0.2, 0.25) is 0 Å². The molecule has 0 aromatic heterocycles. The highest BCUT2D eigenvalue weighted by molar-refractivity contribution is 6.30. The Hall–Kier alpha value is -2.00. The number of phenols is 1. The molecule has 3 nitrogen and oxygen atoms in total. The molecule has 0 unspecified atom stereocenters. The second-order valence-electron chi connectivity index (χ2n) is 3.97. The fourth-order valence-corrected chi connectivity index (χ4v) is 1.76. The van der Waals surface area contributed by atoms with Crippen molar-refractivity contribution in [3.8, 4) is 5.75 Å². The number of amides is 1. The topological polar surface area (TPSA) is 49.3 Å². The molecule has 92 valence electrons. The van der Waals surface area contributed by atoms with Crippen molar-refractivity contribution in [1.29, 1.82) is 0 Å². The predicted molar refractivity (Wildman–Crippen MR) is 72.2 cm³/mol. The summed E-state index contributed by atoms with van der Waals surface area (Å²) >= 11 is 5.84. The van der Waals surface area contributed by atoms with Gasteiger partial charge in [0, 0.05) is 16.3 Å². The Labute approximate surface area is 110 Å². The summed E-state index contributed by atoms with van der Waals surface area (Å²) in [4.78, 5) is 12.0. The maximum absolute atomic E-state index is 12.0. The van der Waals surface area contributed by atoms with Gasteiger partial charge < -0.3 is 10.4 Å². The zero-order valence-corrected chi connectivity index (χ0v) is 10.5. The Morgan fingerprint density at radius 3 is 2.67 bits per heavy atom. The average molecular weight is 262 g/mol. The Morgan fingerprint density at radius 2 is 2.00 bits per heavy atom. The van der Waals surface area contributed by atoms with Crippen molar-refractivity contribution in [2.45, 2.75) is 6.92 Å². The van der Waals surface area contributed by atoms with E-state index in [4.69, 9.17) is 11.6 Å². The van der Waals surface area contributed by atoms with Crippen LogP contribution in [-0.4, -0.2) is 11.0 Å². The van der Waals surface area contributed by atoms with E-state index in [1.54, 1.807) is 43.3 Å². The van der Waals surface area contributed by atoms with Crippen molar-refractivity contribution >= 4 is 23.2 Å². The van der Waals surface area contributed by atoms with Crippen LogP contribution in [0.4, 0.5) is 5.69 Å². The van der Waals surface area contributed by atoms with Crippen LogP contribution in [0.3, 0.4) is 0 Å². The summed E-state index contributed by atoms with van der Waals surface area (Å²) in [5.74, 6) is -0.0605. The van der Waals surface area contributed by atoms with Crippen LogP contribution in [0, 0.1) is 6.92 Å². The van der Waals surface area contributed by atoms with Gasteiger partial charge in [-0.05, 0) is 48.9 Å². The van der Waals surface area contributed by atoms with Crippen LogP contribution in [0.15, 0.2) is 42.5 Å². The minimum atomic E-state index is -0.236. The van der Waals surface area contributed by atoms with E-state index in [1.165, 1.54) is 6.07 Å². The van der Waals surface area contributed by atoms with Crippen LogP contribution in [0.1, 0.15) is 15.9 Å². The van der Waals surface area contributed by atoms with Crippen molar-refractivity contribution in [3.05, 3.63) is 58.6 Å². The quantitative estimate of drug-likeness (QED) is 0.868. The standard InChI is InChI=1S/C14H12ClNO2/c1-9-7-10(5-6-13(9)17)14(18)16-12-4-2-3-11(15)8-12/h2-8,17H,1H3,(H,16,18). The number of anilines is 1. The summed E-state index contributed by atoms with van der Waals surface area (Å²) in [6.07, 6.45) is 0. The van der Waals surface area contributed by atoms with E-state index < -0.39 is 0 Å². The zero-order chi connectivity index (χ0) is 13.1. The van der Waals surface area contributed by atoms with Crippen LogP contribution in [0.5, 0.6) is 5.75 Å². The maximum Gasteiger partial charge on any atom is 0.255 e. The van der Waals surface area contributed by atoms with Gasteiger partial charge in [-0.3, -0.25) is 4.79 Å². The molecule has 0 bridgehead atoms. The molecular formula is C14H12ClNO2. The molecule has 1 amide bonds. The number of benzene rings is 2. The second-order valence-corrected chi connectivity index (χ2v) is 4.40. The highest BCUT2D eigenvalue weighted by Crippen LogP contribution is 2.19. The first kappa shape index (κ1) is 12.5. The van der Waals surface area contributed by atoms with Crippen molar-refractivity contribution in [3.63, 3.8) is 0 Å². The molecule has 0 saturated carbocycles. The van der Waals surface area contributed by atoms with Gasteiger partial charge in [-0.1, -0.05) is 17.7 Å². The summed E-state index contributed by atoms with van der Waals surface area (Å²) < 4.78 is 0. The van der Waals surface area contributed by atoms with Crippen molar-refractivity contribution < 1.29 is 9.90 Å². The predicted octanol–water partition coefficient (Wildman–Crippen LogP) is 3.61. The van der Waals surface area contributed by atoms with Gasteiger partial charge in [-0.15, -0.1) is 0 Å². The molecule has 18 heavy (non-hydrogen) atoms. The SMILES string of the molecule is Cc1cc(C(=O)Nc2cccc(Cl)c2)ccc1O. The van der Waals surface area contributed by atoms with Crippen LogP contribution < -0.4 is 5.32 Å². The molecule has 2 N–H and O–H groups in total. The first-order valence-electron chi connectivity index (χ1n) is 5.43.